The molecule has 0 aliphatic heterocycles. The lowest BCUT2D eigenvalue weighted by atomic mass is 10.0. The van der Waals surface area contributed by atoms with Gasteiger partial charge >= 0.3 is 39.5 Å². The summed E-state index contributed by atoms with van der Waals surface area (Å²) in [6, 6.07) is 0. The lowest BCUT2D eigenvalue weighted by molar-refractivity contribution is -0.161. The number of rotatable bonds is 69. The van der Waals surface area contributed by atoms with Crippen LogP contribution >= 0.6 is 15.6 Å². The van der Waals surface area contributed by atoms with Crippen LogP contribution in [-0.4, -0.2) is 96.7 Å². The highest BCUT2D eigenvalue weighted by atomic mass is 31.2. The molecule has 5 atom stereocenters. The molecule has 0 aromatic heterocycles. The maximum atomic E-state index is 13.0. The summed E-state index contributed by atoms with van der Waals surface area (Å²) >= 11 is 0. The zero-order valence-corrected chi connectivity index (χ0v) is 58.6. The summed E-state index contributed by atoms with van der Waals surface area (Å²) < 4.78 is 68.0. The molecule has 0 spiro atoms. The summed E-state index contributed by atoms with van der Waals surface area (Å²) in [6.45, 7) is 7.18. The smallest absolute Gasteiger partial charge is 0.462 e. The number of ether oxygens (including phenoxy) is 4. The highest BCUT2D eigenvalue weighted by Gasteiger charge is 2.30. The molecule has 3 N–H and O–H groups in total. The standard InChI is InChI=1S/C69H134O17P2/c1-6-9-12-15-17-19-21-26-31-34-38-43-48-53-67(72)80-59-65(86-69(74)55-50-45-40-36-32-28-25-23-24-27-29-33-37-42-46-51-62(4)5)61-84-88(77,78)82-57-63(70)56-81-87(75,76)83-60-64(58-79-66(71)52-47-41-14-11-8-3)85-68(73)54-49-44-39-35-30-22-20-18-16-13-10-7-2/h62-65,70H,6-61H2,1-5H3,(H,75,76)(H,77,78)/t63-,64+,65+/m0/s1. The predicted octanol–water partition coefficient (Wildman–Crippen LogP) is 19.7. The van der Waals surface area contributed by atoms with Crippen LogP contribution in [0.5, 0.6) is 0 Å². The average molecular weight is 1300 g/mol. The monoisotopic (exact) mass is 1300 g/mol. The molecule has 0 saturated heterocycles. The number of carbonyl (C=O) groups is 4. The van der Waals surface area contributed by atoms with Crippen LogP contribution in [0.25, 0.3) is 0 Å². The molecule has 0 aromatic rings. The van der Waals surface area contributed by atoms with Gasteiger partial charge in [-0.25, -0.2) is 9.13 Å². The van der Waals surface area contributed by atoms with Gasteiger partial charge in [0.15, 0.2) is 12.2 Å². The van der Waals surface area contributed by atoms with E-state index in [0.717, 1.165) is 102 Å². The second kappa shape index (κ2) is 62.5. The zero-order valence-electron chi connectivity index (χ0n) is 56.9. The van der Waals surface area contributed by atoms with Gasteiger partial charge in [0, 0.05) is 25.7 Å². The van der Waals surface area contributed by atoms with Crippen LogP contribution in [0.3, 0.4) is 0 Å². The molecule has 0 saturated carbocycles. The fourth-order valence-electron chi connectivity index (χ4n) is 10.5. The van der Waals surface area contributed by atoms with E-state index in [0.29, 0.717) is 25.7 Å². The minimum absolute atomic E-state index is 0.107. The minimum Gasteiger partial charge on any atom is -0.462 e. The Morgan fingerprint density at radius 3 is 0.773 bits per heavy atom. The number of aliphatic hydroxyl groups excluding tert-OH is 1. The molecular weight excluding hydrogens is 1160 g/mol. The Labute approximate surface area is 537 Å². The highest BCUT2D eigenvalue weighted by molar-refractivity contribution is 7.47. The molecule has 17 nitrogen and oxygen atoms in total. The van der Waals surface area contributed by atoms with Gasteiger partial charge in [-0.2, -0.15) is 0 Å². The fraction of sp³-hybridized carbons (Fsp3) is 0.942. The normalized spacial score (nSPS) is 14.1. The van der Waals surface area contributed by atoms with Crippen LogP contribution in [0.4, 0.5) is 0 Å². The van der Waals surface area contributed by atoms with E-state index in [9.17, 15) is 43.2 Å². The molecule has 0 heterocycles. The largest absolute Gasteiger partial charge is 0.472 e. The van der Waals surface area contributed by atoms with Gasteiger partial charge < -0.3 is 33.8 Å². The molecule has 0 aliphatic rings. The van der Waals surface area contributed by atoms with E-state index in [1.54, 1.807) is 0 Å². The van der Waals surface area contributed by atoms with Crippen molar-refractivity contribution in [2.45, 2.75) is 374 Å². The second-order valence-corrected chi connectivity index (χ2v) is 28.3. The Hall–Kier alpha value is -1.94. The Kier molecular flexibility index (Phi) is 61.1. The van der Waals surface area contributed by atoms with Gasteiger partial charge in [0.2, 0.25) is 0 Å². The fourth-order valence-corrected chi connectivity index (χ4v) is 12.0. The summed E-state index contributed by atoms with van der Waals surface area (Å²) in [5.74, 6) is -1.33. The van der Waals surface area contributed by atoms with Gasteiger partial charge in [-0.15, -0.1) is 0 Å². The van der Waals surface area contributed by atoms with Crippen LogP contribution in [0.15, 0.2) is 0 Å². The number of unbranched alkanes of at least 4 members (excludes halogenated alkanes) is 41. The number of esters is 4. The first-order valence-electron chi connectivity index (χ1n) is 36.1. The molecule has 88 heavy (non-hydrogen) atoms. The molecule has 522 valence electrons. The van der Waals surface area contributed by atoms with Crippen LogP contribution in [-0.2, 0) is 65.4 Å². The summed E-state index contributed by atoms with van der Waals surface area (Å²) in [4.78, 5) is 72.2. The summed E-state index contributed by atoms with van der Waals surface area (Å²) in [5, 5.41) is 10.5. The van der Waals surface area contributed by atoms with E-state index in [1.807, 2.05) is 0 Å². The van der Waals surface area contributed by atoms with E-state index in [-0.39, 0.29) is 25.7 Å². The minimum atomic E-state index is -4.95. The predicted molar refractivity (Wildman–Crippen MR) is 354 cm³/mol. The molecule has 0 bridgehead atoms. The van der Waals surface area contributed by atoms with Crippen LogP contribution in [0, 0.1) is 5.92 Å². The number of hydrogen-bond acceptors (Lipinski definition) is 15. The number of aliphatic hydroxyl groups is 1. The summed E-state index contributed by atoms with van der Waals surface area (Å²) in [6.07, 6.45) is 48.8. The lowest BCUT2D eigenvalue weighted by Gasteiger charge is -2.21. The number of phosphoric acid groups is 2. The van der Waals surface area contributed by atoms with Gasteiger partial charge in [-0.05, 0) is 31.6 Å². The van der Waals surface area contributed by atoms with Gasteiger partial charge in [0.1, 0.15) is 19.3 Å². The third kappa shape index (κ3) is 62.8. The van der Waals surface area contributed by atoms with Crippen molar-refractivity contribution in [3.05, 3.63) is 0 Å². The van der Waals surface area contributed by atoms with Crippen molar-refractivity contribution in [1.29, 1.82) is 0 Å². The Balaban J connectivity index is 5.15. The van der Waals surface area contributed by atoms with Gasteiger partial charge in [-0.3, -0.25) is 37.3 Å². The number of carbonyl (C=O) groups excluding carboxylic acids is 4. The first kappa shape index (κ1) is 86.1. The third-order valence-electron chi connectivity index (χ3n) is 16.0. The highest BCUT2D eigenvalue weighted by Crippen LogP contribution is 2.45. The van der Waals surface area contributed by atoms with Crippen molar-refractivity contribution in [2.75, 3.05) is 39.6 Å². The molecule has 0 rings (SSSR count). The van der Waals surface area contributed by atoms with E-state index >= 15 is 0 Å². The molecule has 0 aliphatic carbocycles. The van der Waals surface area contributed by atoms with E-state index in [1.165, 1.54) is 173 Å². The van der Waals surface area contributed by atoms with Crippen LogP contribution in [0.1, 0.15) is 356 Å². The quantitative estimate of drug-likeness (QED) is 0.0222. The second-order valence-electron chi connectivity index (χ2n) is 25.4. The zero-order chi connectivity index (χ0) is 64.9. The van der Waals surface area contributed by atoms with Gasteiger partial charge in [0.05, 0.1) is 26.4 Å². The number of phosphoric ester groups is 2. The Morgan fingerprint density at radius 2 is 0.523 bits per heavy atom. The molecular formula is C69H134O17P2. The first-order valence-corrected chi connectivity index (χ1v) is 39.1. The molecule has 2 unspecified atom stereocenters. The average Bonchev–Trinajstić information content (AvgIpc) is 3.69. The number of hydrogen-bond donors (Lipinski definition) is 3. The van der Waals surface area contributed by atoms with Crippen molar-refractivity contribution in [3.8, 4) is 0 Å². The molecule has 0 fully saturated rings. The van der Waals surface area contributed by atoms with Crippen LogP contribution < -0.4 is 0 Å². The Bertz CT molecular complexity index is 1700. The van der Waals surface area contributed by atoms with Crippen molar-refractivity contribution in [1.82, 2.24) is 0 Å². The van der Waals surface area contributed by atoms with Gasteiger partial charge in [-0.1, -0.05) is 304 Å². The summed E-state index contributed by atoms with van der Waals surface area (Å²) in [5.41, 5.74) is 0. The first-order chi connectivity index (χ1) is 42.5. The molecule has 0 radical (unpaired) electrons. The maximum absolute atomic E-state index is 13.0. The summed E-state index contributed by atoms with van der Waals surface area (Å²) in [7, 11) is -9.89. The molecule has 0 amide bonds. The SMILES string of the molecule is CCCCCCCCCCCCCCCC(=O)OC[C@H](COP(=O)(O)OC[C@@H](O)COP(=O)(O)OC[C@@H](COC(=O)CCCCCCC)OC(=O)CCCCCCCCCCCCCC)OC(=O)CCCCCCCCCCCCCCCCCC(C)C. The van der Waals surface area contributed by atoms with Crippen molar-refractivity contribution in [2.24, 2.45) is 5.92 Å². The lowest BCUT2D eigenvalue weighted by Crippen LogP contribution is -2.30. The van der Waals surface area contributed by atoms with Gasteiger partial charge in [0.25, 0.3) is 0 Å². The van der Waals surface area contributed by atoms with E-state index in [2.05, 4.69) is 34.6 Å². The Morgan fingerprint density at radius 1 is 0.307 bits per heavy atom. The van der Waals surface area contributed by atoms with Crippen molar-refractivity contribution < 1.29 is 80.2 Å². The van der Waals surface area contributed by atoms with E-state index in [4.69, 9.17) is 37.0 Å². The molecule has 19 heteroatoms. The van der Waals surface area contributed by atoms with E-state index < -0.39 is 97.5 Å². The van der Waals surface area contributed by atoms with Crippen LogP contribution in [0.2, 0.25) is 0 Å². The third-order valence-corrected chi connectivity index (χ3v) is 17.9. The van der Waals surface area contributed by atoms with Crippen molar-refractivity contribution >= 4 is 39.5 Å². The topological polar surface area (TPSA) is 237 Å². The maximum Gasteiger partial charge on any atom is 0.472 e. The van der Waals surface area contributed by atoms with Crippen molar-refractivity contribution in [3.63, 3.8) is 0 Å². The molecule has 0 aromatic carbocycles.